The molecule has 21 heavy (non-hydrogen) atoms. The molecule has 1 aromatic heterocycles. The summed E-state index contributed by atoms with van der Waals surface area (Å²) in [5.41, 5.74) is 0.0944. The minimum absolute atomic E-state index is 0.0344. The van der Waals surface area contributed by atoms with E-state index in [1.165, 1.54) is 16.7 Å². The molecular formula is C14H12FN3O3. The van der Waals surface area contributed by atoms with Crippen LogP contribution in [0.2, 0.25) is 0 Å². The summed E-state index contributed by atoms with van der Waals surface area (Å²) in [6.07, 6.45) is 0.0344. The van der Waals surface area contributed by atoms with Gasteiger partial charge in [0.15, 0.2) is 5.82 Å². The average molecular weight is 289 g/mol. The van der Waals surface area contributed by atoms with E-state index >= 15 is 0 Å². The van der Waals surface area contributed by atoms with Gasteiger partial charge < -0.3 is 5.32 Å². The van der Waals surface area contributed by atoms with Crippen molar-refractivity contribution in [1.29, 1.82) is 0 Å². The minimum Gasteiger partial charge on any atom is -0.364 e. The summed E-state index contributed by atoms with van der Waals surface area (Å²) in [7, 11) is 0. The van der Waals surface area contributed by atoms with Gasteiger partial charge in [-0.1, -0.05) is 18.2 Å². The Bertz CT molecular complexity index is 786. The Balaban J connectivity index is 2.12. The molecule has 1 aromatic carbocycles. The second-order valence-corrected chi connectivity index (χ2v) is 4.81. The fourth-order valence-corrected chi connectivity index (χ4v) is 2.51. The average Bonchev–Trinajstić information content (AvgIpc) is 2.93. The van der Waals surface area contributed by atoms with Crippen LogP contribution >= 0.6 is 0 Å². The summed E-state index contributed by atoms with van der Waals surface area (Å²) < 4.78 is 15.0. The van der Waals surface area contributed by atoms with E-state index in [9.17, 15) is 19.3 Å². The molecule has 0 saturated carbocycles. The van der Waals surface area contributed by atoms with Gasteiger partial charge in [-0.15, -0.1) is 0 Å². The van der Waals surface area contributed by atoms with E-state index in [1.54, 1.807) is 18.2 Å². The zero-order valence-electron chi connectivity index (χ0n) is 11.0. The molecule has 0 spiro atoms. The highest BCUT2D eigenvalue weighted by Gasteiger charge is 2.25. The first-order valence-electron chi connectivity index (χ1n) is 6.46. The predicted octanol–water partition coefficient (Wildman–Crippen LogP) is 1.91. The maximum atomic E-state index is 13.7. The molecule has 6 nitrogen and oxygen atoms in total. The number of pyridine rings is 1. The standard InChI is InChI=1S/C14H12FN3O3/c15-11-4-2-1-3-9(11)7-10-8-12(18(20)21)13-16-5-6-17(13)14(10)19/h1-4,8,16H,5-7H2. The molecule has 0 atom stereocenters. The highest BCUT2D eigenvalue weighted by molar-refractivity contribution is 5.59. The first-order valence-corrected chi connectivity index (χ1v) is 6.46. The molecule has 108 valence electrons. The number of nitro groups is 1. The van der Waals surface area contributed by atoms with Crippen molar-refractivity contribution in [3.63, 3.8) is 0 Å². The van der Waals surface area contributed by atoms with E-state index in [4.69, 9.17) is 0 Å². The Morgan fingerprint density at radius 3 is 2.81 bits per heavy atom. The van der Waals surface area contributed by atoms with Crippen molar-refractivity contribution >= 4 is 11.5 Å². The van der Waals surface area contributed by atoms with Crippen molar-refractivity contribution in [2.75, 3.05) is 11.9 Å². The topological polar surface area (TPSA) is 77.2 Å². The zero-order valence-corrected chi connectivity index (χ0v) is 11.0. The van der Waals surface area contributed by atoms with Gasteiger partial charge in [-0.2, -0.15) is 0 Å². The molecule has 1 N–H and O–H groups in total. The highest BCUT2D eigenvalue weighted by atomic mass is 19.1. The van der Waals surface area contributed by atoms with Crippen LogP contribution in [0.15, 0.2) is 35.1 Å². The maximum Gasteiger partial charge on any atom is 0.310 e. The van der Waals surface area contributed by atoms with Crippen LogP contribution in [0.3, 0.4) is 0 Å². The third kappa shape index (κ3) is 2.26. The fraction of sp³-hybridized carbons (Fsp3) is 0.214. The molecule has 0 amide bonds. The van der Waals surface area contributed by atoms with E-state index in [0.717, 1.165) is 0 Å². The van der Waals surface area contributed by atoms with Gasteiger partial charge in [-0.05, 0) is 11.6 Å². The largest absolute Gasteiger partial charge is 0.364 e. The molecule has 2 aromatic rings. The molecule has 1 aliphatic rings. The number of benzene rings is 1. The van der Waals surface area contributed by atoms with E-state index < -0.39 is 10.7 Å². The Hall–Kier alpha value is -2.70. The number of hydrogen-bond acceptors (Lipinski definition) is 4. The van der Waals surface area contributed by atoms with Crippen LogP contribution in [-0.4, -0.2) is 16.0 Å². The lowest BCUT2D eigenvalue weighted by Gasteiger charge is -2.08. The van der Waals surface area contributed by atoms with Gasteiger partial charge in [0.2, 0.25) is 0 Å². The Labute approximate surface area is 119 Å². The van der Waals surface area contributed by atoms with Crippen molar-refractivity contribution < 1.29 is 9.31 Å². The third-order valence-electron chi connectivity index (χ3n) is 3.51. The first-order chi connectivity index (χ1) is 10.1. The lowest BCUT2D eigenvalue weighted by molar-refractivity contribution is -0.384. The van der Waals surface area contributed by atoms with Crippen LogP contribution < -0.4 is 10.9 Å². The van der Waals surface area contributed by atoms with Crippen molar-refractivity contribution in [2.24, 2.45) is 0 Å². The highest BCUT2D eigenvalue weighted by Crippen LogP contribution is 2.27. The summed E-state index contributed by atoms with van der Waals surface area (Å²) in [6, 6.07) is 7.33. The Morgan fingerprint density at radius 2 is 2.10 bits per heavy atom. The molecule has 2 heterocycles. The van der Waals surface area contributed by atoms with Crippen molar-refractivity contribution in [2.45, 2.75) is 13.0 Å². The van der Waals surface area contributed by atoms with Gasteiger partial charge in [0.25, 0.3) is 5.56 Å². The molecule has 0 radical (unpaired) electrons. The molecule has 3 rings (SSSR count). The number of fused-ring (bicyclic) bond motifs is 1. The summed E-state index contributed by atoms with van der Waals surface area (Å²) in [4.78, 5) is 22.9. The Kier molecular flexibility index (Phi) is 3.17. The number of nitrogens with zero attached hydrogens (tertiary/aromatic N) is 2. The summed E-state index contributed by atoms with van der Waals surface area (Å²) >= 11 is 0. The molecule has 0 fully saturated rings. The van der Waals surface area contributed by atoms with Crippen LogP contribution in [0.1, 0.15) is 11.1 Å². The normalized spacial score (nSPS) is 12.8. The van der Waals surface area contributed by atoms with E-state index in [2.05, 4.69) is 5.32 Å². The SMILES string of the molecule is O=c1c(Cc2ccccc2F)cc([N+](=O)[O-])c2n1CCN2. The molecule has 0 aliphatic carbocycles. The molecule has 0 saturated heterocycles. The van der Waals surface area contributed by atoms with Gasteiger partial charge in [-0.3, -0.25) is 19.5 Å². The van der Waals surface area contributed by atoms with Gasteiger partial charge in [-0.25, -0.2) is 4.39 Å². The molecular weight excluding hydrogens is 277 g/mol. The monoisotopic (exact) mass is 289 g/mol. The van der Waals surface area contributed by atoms with Crippen molar-refractivity contribution in [1.82, 2.24) is 4.57 Å². The number of rotatable bonds is 3. The maximum absolute atomic E-state index is 13.7. The van der Waals surface area contributed by atoms with Crippen molar-refractivity contribution in [3.05, 3.63) is 67.7 Å². The van der Waals surface area contributed by atoms with E-state index in [0.29, 0.717) is 18.7 Å². The quantitative estimate of drug-likeness (QED) is 0.691. The first kappa shape index (κ1) is 13.3. The van der Waals surface area contributed by atoms with Crippen molar-refractivity contribution in [3.8, 4) is 0 Å². The molecule has 0 bridgehead atoms. The second-order valence-electron chi connectivity index (χ2n) is 4.81. The number of aromatic nitrogens is 1. The molecule has 1 aliphatic heterocycles. The number of hydrogen-bond donors (Lipinski definition) is 1. The van der Waals surface area contributed by atoms with Gasteiger partial charge >= 0.3 is 5.69 Å². The summed E-state index contributed by atoms with van der Waals surface area (Å²) in [5.74, 6) is -0.203. The van der Waals surface area contributed by atoms with Crippen LogP contribution in [0, 0.1) is 15.9 Å². The van der Waals surface area contributed by atoms with E-state index in [-0.39, 0.29) is 29.0 Å². The van der Waals surface area contributed by atoms with Gasteiger partial charge in [0.05, 0.1) is 4.92 Å². The number of nitrogens with one attached hydrogen (secondary N) is 1. The minimum atomic E-state index is -0.533. The lowest BCUT2D eigenvalue weighted by Crippen LogP contribution is -2.23. The molecule has 7 heteroatoms. The molecule has 0 unspecified atom stereocenters. The fourth-order valence-electron chi connectivity index (χ4n) is 2.51. The van der Waals surface area contributed by atoms with Gasteiger partial charge in [0, 0.05) is 31.1 Å². The van der Waals surface area contributed by atoms with Crippen LogP contribution in [0.25, 0.3) is 0 Å². The predicted molar refractivity (Wildman–Crippen MR) is 75.1 cm³/mol. The second kappa shape index (κ2) is 5.01. The Morgan fingerprint density at radius 1 is 1.33 bits per heavy atom. The zero-order chi connectivity index (χ0) is 15.0. The number of halogens is 1. The van der Waals surface area contributed by atoms with Gasteiger partial charge in [0.1, 0.15) is 5.82 Å². The smallest absolute Gasteiger partial charge is 0.310 e. The summed E-state index contributed by atoms with van der Waals surface area (Å²) in [5, 5.41) is 14.0. The summed E-state index contributed by atoms with van der Waals surface area (Å²) in [6.45, 7) is 0.847. The lowest BCUT2D eigenvalue weighted by atomic mass is 10.1. The van der Waals surface area contributed by atoms with Crippen LogP contribution in [0.5, 0.6) is 0 Å². The third-order valence-corrected chi connectivity index (χ3v) is 3.51. The van der Waals surface area contributed by atoms with Crippen LogP contribution in [0.4, 0.5) is 15.9 Å². The van der Waals surface area contributed by atoms with E-state index in [1.807, 2.05) is 0 Å². The number of anilines is 1. The van der Waals surface area contributed by atoms with Crippen LogP contribution in [-0.2, 0) is 13.0 Å².